The number of aryl methyl sites for hydroxylation is 1. The van der Waals surface area contributed by atoms with Gasteiger partial charge in [-0.2, -0.15) is 0 Å². The predicted molar refractivity (Wildman–Crippen MR) is 133 cm³/mol. The summed E-state index contributed by atoms with van der Waals surface area (Å²) in [6.45, 7) is 9.64. The first-order valence-electron chi connectivity index (χ1n) is 10.3. The van der Waals surface area contributed by atoms with Gasteiger partial charge in [-0.1, -0.05) is 18.2 Å². The summed E-state index contributed by atoms with van der Waals surface area (Å²) < 4.78 is 18.7. The van der Waals surface area contributed by atoms with Gasteiger partial charge in [0, 0.05) is 31.9 Å². The molecule has 164 valence electrons. The number of anilines is 1. The molecule has 0 aromatic heterocycles. The molecule has 0 amide bonds. The molecule has 1 heterocycles. The molecule has 0 aliphatic carbocycles. The third-order valence-corrected chi connectivity index (χ3v) is 5.07. The largest absolute Gasteiger partial charge is 0.378 e. The fraction of sp³-hybridized carbons (Fsp3) is 0.435. The van der Waals surface area contributed by atoms with Crippen LogP contribution in [-0.4, -0.2) is 45.4 Å². The maximum absolute atomic E-state index is 13.2. The number of hydrogen-bond donors (Lipinski definition) is 2. The van der Waals surface area contributed by atoms with E-state index in [0.29, 0.717) is 6.54 Å². The molecule has 0 saturated carbocycles. The summed E-state index contributed by atoms with van der Waals surface area (Å²) in [7, 11) is 0. The van der Waals surface area contributed by atoms with E-state index in [-0.39, 0.29) is 29.8 Å². The van der Waals surface area contributed by atoms with Crippen molar-refractivity contribution in [3.63, 3.8) is 0 Å². The second-order valence-electron chi connectivity index (χ2n) is 7.21. The van der Waals surface area contributed by atoms with E-state index in [1.54, 1.807) is 6.07 Å². The van der Waals surface area contributed by atoms with Crippen LogP contribution in [0.15, 0.2) is 47.5 Å². The van der Waals surface area contributed by atoms with Gasteiger partial charge in [0.2, 0.25) is 0 Å². The zero-order chi connectivity index (χ0) is 20.5. The van der Waals surface area contributed by atoms with Crippen LogP contribution in [0.4, 0.5) is 10.1 Å². The second-order valence-corrected chi connectivity index (χ2v) is 7.21. The van der Waals surface area contributed by atoms with Gasteiger partial charge in [-0.05, 0) is 61.2 Å². The molecule has 1 aliphatic rings. The number of benzene rings is 2. The summed E-state index contributed by atoms with van der Waals surface area (Å²) in [5, 5.41) is 6.65. The predicted octanol–water partition coefficient (Wildman–Crippen LogP) is 3.89. The topological polar surface area (TPSA) is 48.9 Å². The summed E-state index contributed by atoms with van der Waals surface area (Å²) >= 11 is 0. The Morgan fingerprint density at radius 2 is 1.83 bits per heavy atom. The number of rotatable bonds is 7. The van der Waals surface area contributed by atoms with Gasteiger partial charge in [0.15, 0.2) is 5.96 Å². The van der Waals surface area contributed by atoms with Gasteiger partial charge in [-0.25, -0.2) is 9.38 Å². The highest BCUT2D eigenvalue weighted by Crippen LogP contribution is 2.17. The number of nitrogens with one attached hydrogen (secondary N) is 2. The van der Waals surface area contributed by atoms with Crippen LogP contribution >= 0.6 is 24.0 Å². The van der Waals surface area contributed by atoms with E-state index in [1.165, 1.54) is 17.3 Å². The Bertz CT molecular complexity index is 807. The molecule has 5 nitrogen and oxygen atoms in total. The smallest absolute Gasteiger partial charge is 0.191 e. The molecule has 7 heteroatoms. The highest BCUT2D eigenvalue weighted by atomic mass is 127. The van der Waals surface area contributed by atoms with Crippen molar-refractivity contribution >= 4 is 35.6 Å². The zero-order valence-electron chi connectivity index (χ0n) is 17.8. The lowest BCUT2D eigenvalue weighted by Gasteiger charge is -2.28. The van der Waals surface area contributed by atoms with Crippen molar-refractivity contribution in [1.29, 1.82) is 0 Å². The highest BCUT2D eigenvalue weighted by Gasteiger charge is 2.10. The molecule has 0 spiro atoms. The molecule has 0 radical (unpaired) electrons. The maximum atomic E-state index is 13.2. The van der Waals surface area contributed by atoms with Crippen molar-refractivity contribution in [2.75, 3.05) is 44.3 Å². The normalized spacial score (nSPS) is 14.2. The molecule has 2 N–H and O–H groups in total. The van der Waals surface area contributed by atoms with Crippen LogP contribution in [0.25, 0.3) is 0 Å². The Kier molecular flexibility index (Phi) is 10.4. The summed E-state index contributed by atoms with van der Waals surface area (Å²) in [5.74, 6) is 0.610. The minimum absolute atomic E-state index is 0. The van der Waals surface area contributed by atoms with Crippen molar-refractivity contribution in [3.05, 3.63) is 65.0 Å². The van der Waals surface area contributed by atoms with Crippen molar-refractivity contribution in [3.8, 4) is 0 Å². The molecule has 0 atom stereocenters. The van der Waals surface area contributed by atoms with Gasteiger partial charge >= 0.3 is 0 Å². The summed E-state index contributed by atoms with van der Waals surface area (Å²) in [4.78, 5) is 7.04. The lowest BCUT2D eigenvalue weighted by molar-refractivity contribution is 0.122. The van der Waals surface area contributed by atoms with E-state index in [4.69, 9.17) is 9.73 Å². The summed E-state index contributed by atoms with van der Waals surface area (Å²) in [6.07, 6.45) is 0.824. The van der Waals surface area contributed by atoms with Crippen LogP contribution in [0.2, 0.25) is 0 Å². The van der Waals surface area contributed by atoms with Gasteiger partial charge in [0.05, 0.1) is 19.8 Å². The molecule has 2 aromatic carbocycles. The Labute approximate surface area is 196 Å². The fourth-order valence-electron chi connectivity index (χ4n) is 3.40. The SMILES string of the molecule is CCNC(=NCc1ccc(N2CCOCC2)cc1)NCCc1ccc(F)cc1C.I. The molecule has 2 aromatic rings. The number of morpholine rings is 1. The van der Waals surface area contributed by atoms with Crippen LogP contribution in [0, 0.1) is 12.7 Å². The van der Waals surface area contributed by atoms with Crippen LogP contribution in [0.3, 0.4) is 0 Å². The maximum Gasteiger partial charge on any atom is 0.191 e. The van der Waals surface area contributed by atoms with Crippen molar-refractivity contribution < 1.29 is 9.13 Å². The van der Waals surface area contributed by atoms with Gasteiger partial charge < -0.3 is 20.3 Å². The molecule has 3 rings (SSSR count). The van der Waals surface area contributed by atoms with Gasteiger partial charge in [0.25, 0.3) is 0 Å². The van der Waals surface area contributed by atoms with Gasteiger partial charge in [-0.3, -0.25) is 0 Å². The number of hydrogen-bond acceptors (Lipinski definition) is 3. The van der Waals surface area contributed by atoms with E-state index >= 15 is 0 Å². The van der Waals surface area contributed by atoms with E-state index in [2.05, 4.69) is 46.7 Å². The van der Waals surface area contributed by atoms with Crippen LogP contribution in [0.1, 0.15) is 23.6 Å². The lowest BCUT2D eigenvalue weighted by Crippen LogP contribution is -2.38. The van der Waals surface area contributed by atoms with E-state index < -0.39 is 0 Å². The number of ether oxygens (including phenoxy) is 1. The Morgan fingerprint density at radius 1 is 1.10 bits per heavy atom. The zero-order valence-corrected chi connectivity index (χ0v) is 20.1. The Hall–Kier alpha value is -1.87. The van der Waals surface area contributed by atoms with Crippen LogP contribution in [0.5, 0.6) is 0 Å². The molecule has 1 saturated heterocycles. The number of guanidine groups is 1. The van der Waals surface area contributed by atoms with Gasteiger partial charge in [-0.15, -0.1) is 24.0 Å². The molecular weight excluding hydrogens is 494 g/mol. The van der Waals surface area contributed by atoms with Crippen LogP contribution in [-0.2, 0) is 17.7 Å². The third kappa shape index (κ3) is 7.43. The summed E-state index contributed by atoms with van der Waals surface area (Å²) in [6, 6.07) is 13.5. The Balaban J connectivity index is 0.00000320. The van der Waals surface area contributed by atoms with Gasteiger partial charge in [0.1, 0.15) is 5.82 Å². The average molecular weight is 526 g/mol. The van der Waals surface area contributed by atoms with Crippen molar-refractivity contribution in [2.45, 2.75) is 26.8 Å². The van der Waals surface area contributed by atoms with Crippen molar-refractivity contribution in [1.82, 2.24) is 10.6 Å². The first-order chi connectivity index (χ1) is 14.2. The third-order valence-electron chi connectivity index (χ3n) is 5.07. The first-order valence-corrected chi connectivity index (χ1v) is 10.3. The molecule has 0 bridgehead atoms. The molecule has 0 unspecified atom stereocenters. The summed E-state index contributed by atoms with van der Waals surface area (Å²) in [5.41, 5.74) is 4.54. The van der Waals surface area contributed by atoms with Crippen molar-refractivity contribution in [2.24, 2.45) is 4.99 Å². The number of nitrogens with zero attached hydrogens (tertiary/aromatic N) is 2. The standard InChI is InChI=1S/C23H31FN4O.HI/c1-3-25-23(26-11-10-20-6-7-21(24)16-18(20)2)27-17-19-4-8-22(9-5-19)28-12-14-29-15-13-28;/h4-9,16H,3,10-15,17H2,1-2H3,(H2,25,26,27);1H. The minimum atomic E-state index is -0.186. The minimum Gasteiger partial charge on any atom is -0.378 e. The average Bonchev–Trinajstić information content (AvgIpc) is 2.74. The van der Waals surface area contributed by atoms with E-state index in [0.717, 1.165) is 62.9 Å². The van der Waals surface area contributed by atoms with Crippen LogP contribution < -0.4 is 15.5 Å². The molecule has 1 fully saturated rings. The number of aliphatic imine (C=N–C) groups is 1. The molecular formula is C23H32FIN4O. The fourth-order valence-corrected chi connectivity index (χ4v) is 3.40. The monoisotopic (exact) mass is 526 g/mol. The molecule has 30 heavy (non-hydrogen) atoms. The highest BCUT2D eigenvalue weighted by molar-refractivity contribution is 14.0. The van der Waals surface area contributed by atoms with E-state index in [9.17, 15) is 4.39 Å². The van der Waals surface area contributed by atoms with E-state index in [1.807, 2.05) is 13.0 Å². The quantitative estimate of drug-likeness (QED) is 0.327. The Morgan fingerprint density at radius 3 is 2.50 bits per heavy atom. The lowest BCUT2D eigenvalue weighted by atomic mass is 10.1. The first kappa shape index (κ1) is 24.4. The molecule has 1 aliphatic heterocycles. The number of halogens is 2. The second kappa shape index (κ2) is 12.7.